The van der Waals surface area contributed by atoms with Gasteiger partial charge in [0.05, 0.1) is 11.4 Å². The second-order valence-electron chi connectivity index (χ2n) is 9.28. The van der Waals surface area contributed by atoms with Gasteiger partial charge in [-0.2, -0.15) is 5.10 Å². The van der Waals surface area contributed by atoms with Crippen molar-refractivity contribution in [3.63, 3.8) is 0 Å². The fraction of sp³-hybridized carbons (Fsp3) is 0.357. The third-order valence-corrected chi connectivity index (χ3v) is 5.95. The molecule has 9 heteroatoms. The number of ether oxygens (including phenoxy) is 1. The Morgan fingerprint density at radius 3 is 2.43 bits per heavy atom. The molecule has 0 aliphatic heterocycles. The van der Waals surface area contributed by atoms with Crippen LogP contribution in [-0.2, 0) is 0 Å². The van der Waals surface area contributed by atoms with E-state index in [1.54, 1.807) is 31.1 Å². The molecule has 0 fully saturated rings. The van der Waals surface area contributed by atoms with Crippen molar-refractivity contribution in [2.24, 2.45) is 4.99 Å². The van der Waals surface area contributed by atoms with Crippen LogP contribution in [0, 0.1) is 6.92 Å². The van der Waals surface area contributed by atoms with Crippen molar-refractivity contribution in [2.45, 2.75) is 26.4 Å². The molecule has 3 N–H and O–H groups in total. The summed E-state index contributed by atoms with van der Waals surface area (Å²) in [6, 6.07) is 15.4. The number of anilines is 2. The first-order chi connectivity index (χ1) is 17.6. The van der Waals surface area contributed by atoms with Crippen LogP contribution in [0.2, 0.25) is 0 Å². The monoisotopic (exact) mass is 503 g/mol. The van der Waals surface area contributed by atoms with E-state index >= 15 is 0 Å². The number of carbonyl (C=O) groups excluding carboxylic acids is 1. The van der Waals surface area contributed by atoms with Crippen LogP contribution in [0.3, 0.4) is 0 Å². The van der Waals surface area contributed by atoms with Gasteiger partial charge in [0.1, 0.15) is 17.5 Å². The highest BCUT2D eigenvalue weighted by Crippen LogP contribution is 2.35. The maximum atomic E-state index is 12.8. The van der Waals surface area contributed by atoms with Gasteiger partial charge in [-0.25, -0.2) is 4.99 Å². The van der Waals surface area contributed by atoms with E-state index < -0.39 is 0 Å². The normalized spacial score (nSPS) is 12.2. The lowest BCUT2D eigenvalue weighted by Crippen LogP contribution is -2.22. The molecular formula is C28H37N7O2. The minimum absolute atomic E-state index is 0.113. The quantitative estimate of drug-likeness (QED) is 0.403. The first-order valence-corrected chi connectivity index (χ1v) is 12.2. The predicted octanol–water partition coefficient (Wildman–Crippen LogP) is 4.01. The summed E-state index contributed by atoms with van der Waals surface area (Å²) in [5.41, 5.74) is 11.2. The van der Waals surface area contributed by atoms with Crippen molar-refractivity contribution in [1.82, 2.24) is 20.4 Å². The molecule has 1 atom stereocenters. The maximum absolute atomic E-state index is 12.8. The summed E-state index contributed by atoms with van der Waals surface area (Å²) < 4.78 is 6.58. The Morgan fingerprint density at radius 2 is 1.81 bits per heavy atom. The minimum atomic E-state index is -0.234. The number of nitrogens with zero attached hydrogens (tertiary/aromatic N) is 5. The molecule has 3 rings (SSSR count). The third kappa shape index (κ3) is 6.62. The maximum Gasteiger partial charge on any atom is 0.253 e. The Hall–Kier alpha value is -3.98. The van der Waals surface area contributed by atoms with Crippen LogP contribution in [0.4, 0.5) is 17.2 Å². The van der Waals surface area contributed by atoms with Gasteiger partial charge in [0.15, 0.2) is 5.82 Å². The fourth-order valence-corrected chi connectivity index (χ4v) is 4.04. The van der Waals surface area contributed by atoms with Crippen molar-refractivity contribution in [2.75, 3.05) is 52.4 Å². The lowest BCUT2D eigenvalue weighted by molar-refractivity contribution is 0.0826. The lowest BCUT2D eigenvalue weighted by Gasteiger charge is -2.22. The Balaban J connectivity index is 2.12. The van der Waals surface area contributed by atoms with E-state index in [-0.39, 0.29) is 12.0 Å². The smallest absolute Gasteiger partial charge is 0.253 e. The number of hydrogen-bond acceptors (Lipinski definition) is 8. The molecule has 0 saturated heterocycles. The average Bonchev–Trinajstić information content (AvgIpc) is 2.87. The van der Waals surface area contributed by atoms with Gasteiger partial charge in [-0.3, -0.25) is 4.79 Å². The van der Waals surface area contributed by atoms with Crippen molar-refractivity contribution in [3.05, 3.63) is 70.9 Å². The zero-order valence-corrected chi connectivity index (χ0v) is 22.7. The van der Waals surface area contributed by atoms with Crippen LogP contribution in [-0.4, -0.2) is 68.5 Å². The molecule has 1 aromatic heterocycles. The summed E-state index contributed by atoms with van der Waals surface area (Å²) >= 11 is 0. The van der Waals surface area contributed by atoms with E-state index in [0.717, 1.165) is 24.1 Å². The minimum Gasteiger partial charge on any atom is -0.483 e. The van der Waals surface area contributed by atoms with E-state index in [1.165, 1.54) is 0 Å². The molecule has 2 aromatic carbocycles. The highest BCUT2D eigenvalue weighted by atomic mass is 16.5. The summed E-state index contributed by atoms with van der Waals surface area (Å²) in [4.78, 5) is 21.0. The van der Waals surface area contributed by atoms with Crippen molar-refractivity contribution >= 4 is 28.8 Å². The fourth-order valence-electron chi connectivity index (χ4n) is 4.04. The van der Waals surface area contributed by atoms with E-state index in [9.17, 15) is 4.79 Å². The molecule has 0 bridgehead atoms. The predicted molar refractivity (Wildman–Crippen MR) is 150 cm³/mol. The number of carbonyl (C=O) groups is 1. The number of nitrogens with two attached hydrogens (primary N) is 1. The summed E-state index contributed by atoms with van der Waals surface area (Å²) in [6.45, 7) is 4.51. The molecule has 9 nitrogen and oxygen atoms in total. The standard InChI is InChI=1S/C28H37N7O2/c1-18(25-19(2)32-33-27(26(25)29)34(4)5)31-22-14-13-21(28(36)35(6)7)17-24(22)37-23(15-16-30-3)20-11-9-8-10-12-20/h8-14,17,23,30H,15-16H2,1-7H3,(H2,29,32). The molecule has 196 valence electrons. The van der Waals surface area contributed by atoms with Crippen molar-refractivity contribution in [3.8, 4) is 5.75 Å². The molecule has 37 heavy (non-hydrogen) atoms. The molecule has 1 unspecified atom stereocenters. The van der Waals surface area contributed by atoms with Gasteiger partial charge in [0.25, 0.3) is 5.91 Å². The molecule has 1 amide bonds. The van der Waals surface area contributed by atoms with Gasteiger partial charge in [-0.1, -0.05) is 30.3 Å². The number of benzene rings is 2. The number of aryl methyl sites for hydroxylation is 1. The number of nitrogen functional groups attached to an aromatic ring is 1. The van der Waals surface area contributed by atoms with Gasteiger partial charge in [0, 0.05) is 51.5 Å². The molecule has 1 heterocycles. The average molecular weight is 504 g/mol. The first kappa shape index (κ1) is 27.6. The Kier molecular flexibility index (Phi) is 9.19. The number of amides is 1. The van der Waals surface area contributed by atoms with Crippen LogP contribution in [0.15, 0.2) is 53.5 Å². The van der Waals surface area contributed by atoms with E-state index in [4.69, 9.17) is 15.5 Å². The van der Waals surface area contributed by atoms with E-state index in [0.29, 0.717) is 39.9 Å². The first-order valence-electron chi connectivity index (χ1n) is 12.2. The van der Waals surface area contributed by atoms with Gasteiger partial charge in [-0.05, 0) is 51.2 Å². The molecule has 0 radical (unpaired) electrons. The lowest BCUT2D eigenvalue weighted by atomic mass is 10.1. The zero-order chi connectivity index (χ0) is 27.1. The Bertz CT molecular complexity index is 1260. The van der Waals surface area contributed by atoms with Crippen LogP contribution in [0.25, 0.3) is 0 Å². The molecular weight excluding hydrogens is 466 g/mol. The number of nitrogens with one attached hydrogen (secondary N) is 1. The summed E-state index contributed by atoms with van der Waals surface area (Å²) in [7, 11) is 9.10. The molecule has 3 aromatic rings. The van der Waals surface area contributed by atoms with E-state index in [1.807, 2.05) is 76.3 Å². The molecule has 0 aliphatic carbocycles. The number of rotatable bonds is 10. The summed E-state index contributed by atoms with van der Waals surface area (Å²) in [6.07, 6.45) is 0.503. The summed E-state index contributed by atoms with van der Waals surface area (Å²) in [5, 5.41) is 11.7. The third-order valence-electron chi connectivity index (χ3n) is 5.95. The molecule has 0 aliphatic rings. The van der Waals surface area contributed by atoms with Crippen LogP contribution >= 0.6 is 0 Å². The Labute approximate surface area is 219 Å². The zero-order valence-electron chi connectivity index (χ0n) is 22.7. The van der Waals surface area contributed by atoms with Gasteiger partial charge in [0.2, 0.25) is 0 Å². The second kappa shape index (κ2) is 12.3. The van der Waals surface area contributed by atoms with Crippen molar-refractivity contribution in [1.29, 1.82) is 0 Å². The van der Waals surface area contributed by atoms with Crippen LogP contribution in [0.5, 0.6) is 5.75 Å². The SMILES string of the molecule is CNCCC(Oc1cc(C(=O)N(C)C)ccc1N=C(C)c1c(C)nnc(N(C)C)c1N)c1ccccc1. The van der Waals surface area contributed by atoms with Crippen LogP contribution in [0.1, 0.15) is 46.6 Å². The largest absolute Gasteiger partial charge is 0.483 e. The highest BCUT2D eigenvalue weighted by Gasteiger charge is 2.20. The molecule has 0 spiro atoms. The number of aromatic nitrogens is 2. The second-order valence-corrected chi connectivity index (χ2v) is 9.28. The highest BCUT2D eigenvalue weighted by molar-refractivity contribution is 6.07. The summed E-state index contributed by atoms with van der Waals surface area (Å²) in [5.74, 6) is 0.982. The van der Waals surface area contributed by atoms with Gasteiger partial charge >= 0.3 is 0 Å². The van der Waals surface area contributed by atoms with Crippen molar-refractivity contribution < 1.29 is 9.53 Å². The van der Waals surface area contributed by atoms with Gasteiger partial charge in [-0.15, -0.1) is 5.10 Å². The van der Waals surface area contributed by atoms with Gasteiger partial charge < -0.3 is 25.6 Å². The van der Waals surface area contributed by atoms with Crippen LogP contribution < -0.4 is 20.7 Å². The molecule has 0 saturated carbocycles. The number of aliphatic imine (C=N–C) groups is 1. The number of hydrogen-bond donors (Lipinski definition) is 2. The Morgan fingerprint density at radius 1 is 1.11 bits per heavy atom. The topological polar surface area (TPSA) is 109 Å². The van der Waals surface area contributed by atoms with E-state index in [2.05, 4.69) is 15.5 Å².